The van der Waals surface area contributed by atoms with Gasteiger partial charge in [-0.2, -0.15) is 13.2 Å². The number of halogens is 3. The number of carbonyl (C=O) groups is 1. The van der Waals surface area contributed by atoms with Crippen LogP contribution in [-0.4, -0.2) is 25.2 Å². The molecule has 0 fully saturated rings. The second-order valence-corrected chi connectivity index (χ2v) is 4.57. The van der Waals surface area contributed by atoms with E-state index in [0.29, 0.717) is 17.2 Å². The monoisotopic (exact) mass is 325 g/mol. The lowest BCUT2D eigenvalue weighted by molar-refractivity contribution is -0.139. The highest BCUT2D eigenvalue weighted by atomic mass is 19.4. The van der Waals surface area contributed by atoms with Crippen molar-refractivity contribution in [3.8, 4) is 17.2 Å². The Labute approximate surface area is 130 Å². The second-order valence-electron chi connectivity index (χ2n) is 4.57. The summed E-state index contributed by atoms with van der Waals surface area (Å²) in [6.45, 7) is -1.89. The lowest BCUT2D eigenvalue weighted by Gasteiger charge is -2.10. The molecule has 0 saturated heterocycles. The van der Waals surface area contributed by atoms with E-state index in [0.717, 1.165) is 0 Å². The van der Waals surface area contributed by atoms with Crippen LogP contribution in [0.25, 0.3) is 0 Å². The molecular weight excluding hydrogens is 311 g/mol. The number of amides is 1. The van der Waals surface area contributed by atoms with E-state index in [2.05, 4.69) is 0 Å². The van der Waals surface area contributed by atoms with Gasteiger partial charge in [-0.3, -0.25) is 4.79 Å². The van der Waals surface area contributed by atoms with E-state index in [1.54, 1.807) is 41.7 Å². The Hall–Kier alpha value is -2.70. The molecule has 122 valence electrons. The minimum absolute atomic E-state index is 0.320. The van der Waals surface area contributed by atoms with Crippen LogP contribution in [0, 0.1) is 0 Å². The fraction of sp³-hybridized carbons (Fsp3) is 0.188. The topological polar surface area (TPSA) is 47.6 Å². The van der Waals surface area contributed by atoms with Crippen LogP contribution in [0.15, 0.2) is 54.6 Å². The zero-order chi connectivity index (χ0) is 16.7. The summed E-state index contributed by atoms with van der Waals surface area (Å²) >= 11 is 0. The Morgan fingerprint density at radius 1 is 0.957 bits per heavy atom. The molecule has 4 nitrogen and oxygen atoms in total. The van der Waals surface area contributed by atoms with Crippen LogP contribution in [0.1, 0.15) is 0 Å². The average Bonchev–Trinajstić information content (AvgIpc) is 2.52. The molecule has 0 spiro atoms. The summed E-state index contributed by atoms with van der Waals surface area (Å²) < 4.78 is 46.6. The molecule has 0 saturated carbocycles. The second kappa shape index (κ2) is 7.53. The summed E-state index contributed by atoms with van der Waals surface area (Å²) in [4.78, 5) is 11.3. The maximum atomic E-state index is 12.0. The first-order valence-corrected chi connectivity index (χ1v) is 6.71. The van der Waals surface area contributed by atoms with Gasteiger partial charge < -0.3 is 14.8 Å². The molecule has 2 rings (SSSR count). The number of para-hydroxylation sites is 1. The standard InChI is InChI=1S/C16H14F3NO3/c17-16(18,19)11-20-15(21)10-22-13-7-4-8-14(9-13)23-12-5-2-1-3-6-12/h1-9H,10-11H2,(H,20,21). The van der Waals surface area contributed by atoms with Crippen molar-refractivity contribution in [2.24, 2.45) is 0 Å². The molecule has 0 bridgehead atoms. The molecule has 0 aromatic heterocycles. The van der Waals surface area contributed by atoms with Gasteiger partial charge in [0.1, 0.15) is 23.8 Å². The molecule has 7 heteroatoms. The van der Waals surface area contributed by atoms with E-state index in [-0.39, 0.29) is 0 Å². The highest BCUT2D eigenvalue weighted by Crippen LogP contribution is 2.24. The molecule has 2 aromatic carbocycles. The third-order valence-electron chi connectivity index (χ3n) is 2.64. The van der Waals surface area contributed by atoms with E-state index >= 15 is 0 Å². The number of benzene rings is 2. The Morgan fingerprint density at radius 2 is 1.61 bits per heavy atom. The lowest BCUT2D eigenvalue weighted by Crippen LogP contribution is -2.36. The molecule has 23 heavy (non-hydrogen) atoms. The van der Waals surface area contributed by atoms with Crippen molar-refractivity contribution in [1.82, 2.24) is 5.32 Å². The number of nitrogens with one attached hydrogen (secondary N) is 1. The summed E-state index contributed by atoms with van der Waals surface area (Å²) in [7, 11) is 0. The fourth-order valence-electron chi connectivity index (χ4n) is 1.65. The van der Waals surface area contributed by atoms with E-state index in [1.807, 2.05) is 18.2 Å². The number of rotatable bonds is 6. The molecule has 1 N–H and O–H groups in total. The van der Waals surface area contributed by atoms with Gasteiger partial charge in [-0.1, -0.05) is 24.3 Å². The van der Waals surface area contributed by atoms with E-state index in [9.17, 15) is 18.0 Å². The Kier molecular flexibility index (Phi) is 5.46. The zero-order valence-corrected chi connectivity index (χ0v) is 12.0. The van der Waals surface area contributed by atoms with E-state index in [1.165, 1.54) is 0 Å². The maximum absolute atomic E-state index is 12.0. The minimum atomic E-state index is -4.45. The highest BCUT2D eigenvalue weighted by Gasteiger charge is 2.27. The molecule has 0 heterocycles. The number of alkyl halides is 3. The summed E-state index contributed by atoms with van der Waals surface area (Å²) in [6, 6.07) is 15.5. The van der Waals surface area contributed by atoms with Gasteiger partial charge in [-0.15, -0.1) is 0 Å². The van der Waals surface area contributed by atoms with E-state index < -0.39 is 25.2 Å². The molecule has 0 unspecified atom stereocenters. The van der Waals surface area contributed by atoms with Gasteiger partial charge in [-0.25, -0.2) is 0 Å². The first-order valence-electron chi connectivity index (χ1n) is 6.71. The quantitative estimate of drug-likeness (QED) is 0.884. The Morgan fingerprint density at radius 3 is 2.30 bits per heavy atom. The van der Waals surface area contributed by atoms with Gasteiger partial charge in [0.15, 0.2) is 6.61 Å². The summed E-state index contributed by atoms with van der Waals surface area (Å²) in [5.74, 6) is 0.592. The van der Waals surface area contributed by atoms with Crippen molar-refractivity contribution in [3.05, 3.63) is 54.6 Å². The molecular formula is C16H14F3NO3. The number of hydrogen-bond donors (Lipinski definition) is 1. The first-order chi connectivity index (χ1) is 10.9. The van der Waals surface area contributed by atoms with Crippen molar-refractivity contribution in [1.29, 1.82) is 0 Å². The van der Waals surface area contributed by atoms with Crippen LogP contribution >= 0.6 is 0 Å². The SMILES string of the molecule is O=C(COc1cccc(Oc2ccccc2)c1)NCC(F)(F)F. The zero-order valence-electron chi connectivity index (χ0n) is 12.0. The fourth-order valence-corrected chi connectivity index (χ4v) is 1.65. The van der Waals surface area contributed by atoms with Crippen molar-refractivity contribution < 1.29 is 27.4 Å². The van der Waals surface area contributed by atoms with Gasteiger partial charge in [0.05, 0.1) is 0 Å². The van der Waals surface area contributed by atoms with Crippen LogP contribution in [0.5, 0.6) is 17.2 Å². The number of hydrogen-bond acceptors (Lipinski definition) is 3. The lowest BCUT2D eigenvalue weighted by atomic mass is 10.3. The molecule has 0 aliphatic rings. The van der Waals surface area contributed by atoms with Crippen LogP contribution in [0.2, 0.25) is 0 Å². The molecule has 2 aromatic rings. The highest BCUT2D eigenvalue weighted by molar-refractivity contribution is 5.77. The van der Waals surface area contributed by atoms with Crippen molar-refractivity contribution >= 4 is 5.91 Å². The smallest absolute Gasteiger partial charge is 0.405 e. The minimum Gasteiger partial charge on any atom is -0.484 e. The van der Waals surface area contributed by atoms with Gasteiger partial charge in [0.25, 0.3) is 5.91 Å². The van der Waals surface area contributed by atoms with Crippen molar-refractivity contribution in [2.75, 3.05) is 13.2 Å². The predicted octanol–water partition coefficient (Wildman–Crippen LogP) is 3.54. The molecule has 0 aliphatic carbocycles. The van der Waals surface area contributed by atoms with E-state index in [4.69, 9.17) is 9.47 Å². The maximum Gasteiger partial charge on any atom is 0.405 e. The number of ether oxygens (including phenoxy) is 2. The van der Waals surface area contributed by atoms with Gasteiger partial charge in [0.2, 0.25) is 0 Å². The van der Waals surface area contributed by atoms with Crippen LogP contribution in [-0.2, 0) is 4.79 Å². The number of carbonyl (C=O) groups excluding carboxylic acids is 1. The molecule has 0 radical (unpaired) electrons. The summed E-state index contributed by atoms with van der Waals surface area (Å²) in [5.41, 5.74) is 0. The van der Waals surface area contributed by atoms with Crippen LogP contribution in [0.4, 0.5) is 13.2 Å². The largest absolute Gasteiger partial charge is 0.484 e. The third-order valence-corrected chi connectivity index (χ3v) is 2.64. The van der Waals surface area contributed by atoms with Gasteiger partial charge in [0, 0.05) is 6.07 Å². The predicted molar refractivity (Wildman–Crippen MR) is 77.5 cm³/mol. The Bertz CT molecular complexity index is 645. The van der Waals surface area contributed by atoms with Crippen molar-refractivity contribution in [2.45, 2.75) is 6.18 Å². The van der Waals surface area contributed by atoms with Crippen LogP contribution in [0.3, 0.4) is 0 Å². The van der Waals surface area contributed by atoms with Gasteiger partial charge in [-0.05, 0) is 24.3 Å². The molecule has 0 atom stereocenters. The summed E-state index contributed by atoms with van der Waals surface area (Å²) in [6.07, 6.45) is -4.45. The average molecular weight is 325 g/mol. The normalized spacial score (nSPS) is 10.9. The van der Waals surface area contributed by atoms with Crippen LogP contribution < -0.4 is 14.8 Å². The first kappa shape index (κ1) is 16.7. The molecule has 0 aliphatic heterocycles. The third kappa shape index (κ3) is 6.29. The Balaban J connectivity index is 1.86. The summed E-state index contributed by atoms with van der Waals surface area (Å²) in [5, 5.41) is 1.73. The van der Waals surface area contributed by atoms with Crippen molar-refractivity contribution in [3.63, 3.8) is 0 Å². The molecule has 1 amide bonds. The van der Waals surface area contributed by atoms with Gasteiger partial charge >= 0.3 is 6.18 Å².